The molecule has 4 N–H and O–H groups in total. The lowest BCUT2D eigenvalue weighted by Gasteiger charge is -2.21. The quantitative estimate of drug-likeness (QED) is 0.648. The molecule has 5 nitrogen and oxygen atoms in total. The van der Waals surface area contributed by atoms with E-state index in [4.69, 9.17) is 10.8 Å². The first-order valence-corrected chi connectivity index (χ1v) is 8.80. The highest BCUT2D eigenvalue weighted by Crippen LogP contribution is 2.16. The summed E-state index contributed by atoms with van der Waals surface area (Å²) in [4.78, 5) is 0. The maximum atomic E-state index is 12.0. The van der Waals surface area contributed by atoms with Crippen LogP contribution in [0.15, 0.2) is 24.3 Å². The van der Waals surface area contributed by atoms with E-state index >= 15 is 0 Å². The van der Waals surface area contributed by atoms with Crippen molar-refractivity contribution in [2.75, 3.05) is 18.6 Å². The molecule has 2 atom stereocenters. The van der Waals surface area contributed by atoms with Crippen molar-refractivity contribution in [1.29, 1.82) is 0 Å². The van der Waals surface area contributed by atoms with Gasteiger partial charge in [-0.1, -0.05) is 18.2 Å². The van der Waals surface area contributed by atoms with Crippen LogP contribution in [0.3, 0.4) is 0 Å². The minimum atomic E-state index is -3.48. The molecule has 0 fully saturated rings. The van der Waals surface area contributed by atoms with Crippen molar-refractivity contribution in [1.82, 2.24) is 4.72 Å². The van der Waals surface area contributed by atoms with Gasteiger partial charge in [0, 0.05) is 17.0 Å². The van der Waals surface area contributed by atoms with Gasteiger partial charge in [0.25, 0.3) is 0 Å². The molecule has 7 heteroatoms. The second kappa shape index (κ2) is 7.14. The summed E-state index contributed by atoms with van der Waals surface area (Å²) in [6.45, 7) is 1.67. The van der Waals surface area contributed by atoms with E-state index in [0.29, 0.717) is 11.3 Å². The van der Waals surface area contributed by atoms with Gasteiger partial charge in [-0.3, -0.25) is 0 Å². The number of anilines is 1. The summed E-state index contributed by atoms with van der Waals surface area (Å²) in [6, 6.07) is 6.54. The summed E-state index contributed by atoms with van der Waals surface area (Å²) in [6.07, 6.45) is 1.83. The second-order valence-corrected chi connectivity index (χ2v) is 7.15. The summed E-state index contributed by atoms with van der Waals surface area (Å²) in [5.41, 5.74) is 6.77. The number of aliphatic hydroxyl groups excluding tert-OH is 1. The molecule has 0 saturated heterocycles. The molecule has 108 valence electrons. The first-order valence-electron chi connectivity index (χ1n) is 5.86. The minimum Gasteiger partial charge on any atom is -0.398 e. The number of nitrogens with two attached hydrogens (primary N) is 1. The summed E-state index contributed by atoms with van der Waals surface area (Å²) in [7, 11) is -3.48. The lowest BCUT2D eigenvalue weighted by atomic mass is 10.2. The minimum absolute atomic E-state index is 0.0711. The van der Waals surface area contributed by atoms with E-state index in [1.165, 1.54) is 11.8 Å². The highest BCUT2D eigenvalue weighted by atomic mass is 32.2. The van der Waals surface area contributed by atoms with Gasteiger partial charge in [-0.25, -0.2) is 13.1 Å². The second-order valence-electron chi connectivity index (χ2n) is 4.32. The number of para-hydroxylation sites is 1. The Morgan fingerprint density at radius 3 is 2.58 bits per heavy atom. The molecule has 0 amide bonds. The fourth-order valence-electron chi connectivity index (χ4n) is 1.71. The molecular weight excluding hydrogens is 284 g/mol. The van der Waals surface area contributed by atoms with Crippen LogP contribution in [-0.2, 0) is 15.8 Å². The summed E-state index contributed by atoms with van der Waals surface area (Å²) in [5.74, 6) is -0.156. The molecule has 0 aliphatic heterocycles. The Balaban J connectivity index is 2.75. The van der Waals surface area contributed by atoms with Crippen LogP contribution >= 0.6 is 11.8 Å². The van der Waals surface area contributed by atoms with Gasteiger partial charge >= 0.3 is 0 Å². The zero-order valence-electron chi connectivity index (χ0n) is 11.0. The maximum absolute atomic E-state index is 12.0. The van der Waals surface area contributed by atoms with Crippen LogP contribution in [0.5, 0.6) is 0 Å². The summed E-state index contributed by atoms with van der Waals surface area (Å²) < 4.78 is 26.7. The molecule has 2 unspecified atom stereocenters. The predicted molar refractivity (Wildman–Crippen MR) is 80.5 cm³/mol. The molecule has 0 spiro atoms. The number of rotatable bonds is 7. The van der Waals surface area contributed by atoms with Gasteiger partial charge in [0.05, 0.1) is 12.4 Å². The van der Waals surface area contributed by atoms with Crippen LogP contribution in [0.1, 0.15) is 12.5 Å². The van der Waals surface area contributed by atoms with Crippen LogP contribution in [0.2, 0.25) is 0 Å². The van der Waals surface area contributed by atoms with E-state index in [0.717, 1.165) is 0 Å². The van der Waals surface area contributed by atoms with Gasteiger partial charge in [0.15, 0.2) is 0 Å². The topological polar surface area (TPSA) is 92.4 Å². The molecule has 1 rings (SSSR count). The van der Waals surface area contributed by atoms with E-state index in [-0.39, 0.29) is 23.7 Å². The molecule has 0 heterocycles. The number of thioether (sulfide) groups is 1. The van der Waals surface area contributed by atoms with E-state index in [1.807, 2.05) is 6.26 Å². The van der Waals surface area contributed by atoms with Crippen molar-refractivity contribution >= 4 is 27.5 Å². The zero-order chi connectivity index (χ0) is 14.5. The fraction of sp³-hybridized carbons (Fsp3) is 0.500. The van der Waals surface area contributed by atoms with Gasteiger partial charge in [0.1, 0.15) is 0 Å². The molecule has 19 heavy (non-hydrogen) atoms. The van der Waals surface area contributed by atoms with E-state index in [1.54, 1.807) is 31.2 Å². The smallest absolute Gasteiger partial charge is 0.216 e. The van der Waals surface area contributed by atoms with Crippen LogP contribution in [0, 0.1) is 0 Å². The van der Waals surface area contributed by atoms with Crippen LogP contribution in [0.25, 0.3) is 0 Å². The van der Waals surface area contributed by atoms with Gasteiger partial charge in [-0.05, 0) is 24.8 Å². The Labute approximate surface area is 118 Å². The van der Waals surface area contributed by atoms with E-state index < -0.39 is 10.0 Å². The van der Waals surface area contributed by atoms with Crippen molar-refractivity contribution in [2.24, 2.45) is 0 Å². The molecule has 0 bridgehead atoms. The van der Waals surface area contributed by atoms with Crippen LogP contribution in [0.4, 0.5) is 5.69 Å². The van der Waals surface area contributed by atoms with Crippen LogP contribution < -0.4 is 10.5 Å². The largest absolute Gasteiger partial charge is 0.398 e. The number of nitrogen functional groups attached to an aromatic ring is 1. The Morgan fingerprint density at radius 1 is 1.42 bits per heavy atom. The molecule has 1 aromatic carbocycles. The molecule has 0 aliphatic carbocycles. The average molecular weight is 304 g/mol. The fourth-order valence-corrected chi connectivity index (χ4v) is 3.91. The first-order chi connectivity index (χ1) is 8.89. The Kier molecular flexibility index (Phi) is 6.12. The Hall–Kier alpha value is -0.760. The zero-order valence-corrected chi connectivity index (χ0v) is 12.7. The highest BCUT2D eigenvalue weighted by molar-refractivity contribution is 7.99. The van der Waals surface area contributed by atoms with Crippen molar-refractivity contribution in [3.05, 3.63) is 29.8 Å². The van der Waals surface area contributed by atoms with Gasteiger partial charge in [0.2, 0.25) is 10.0 Å². The summed E-state index contributed by atoms with van der Waals surface area (Å²) >= 11 is 1.43. The number of nitrogens with one attached hydrogen (secondary N) is 1. The predicted octanol–water partition coefficient (Wildman–Crippen LogP) is 0.801. The normalized spacial score (nSPS) is 15.1. The van der Waals surface area contributed by atoms with Gasteiger partial charge in [-0.2, -0.15) is 11.8 Å². The van der Waals surface area contributed by atoms with E-state index in [9.17, 15) is 8.42 Å². The lowest BCUT2D eigenvalue weighted by molar-refractivity contribution is 0.282. The van der Waals surface area contributed by atoms with Crippen molar-refractivity contribution in [2.45, 2.75) is 24.0 Å². The van der Waals surface area contributed by atoms with Crippen molar-refractivity contribution < 1.29 is 13.5 Å². The number of aliphatic hydroxyl groups is 1. The Bertz CT molecular complexity index is 501. The summed E-state index contributed by atoms with van der Waals surface area (Å²) in [5, 5.41) is 8.99. The SMILES string of the molecule is CSC(CO)C(C)NS(=O)(=O)Cc1ccccc1N. The standard InChI is InChI=1S/C12H20N2O3S2/c1-9(12(7-15)18-2)14-19(16,17)8-10-5-3-4-6-11(10)13/h3-6,9,12,14-15H,7-8,13H2,1-2H3. The molecule has 1 aromatic rings. The lowest BCUT2D eigenvalue weighted by Crippen LogP contribution is -2.41. The number of hydrogen-bond donors (Lipinski definition) is 3. The molecule has 0 saturated carbocycles. The molecular formula is C12H20N2O3S2. The van der Waals surface area contributed by atoms with Crippen LogP contribution in [-0.4, -0.2) is 37.7 Å². The maximum Gasteiger partial charge on any atom is 0.216 e. The third-order valence-corrected chi connectivity index (χ3v) is 5.39. The first kappa shape index (κ1) is 16.3. The monoisotopic (exact) mass is 304 g/mol. The number of hydrogen-bond acceptors (Lipinski definition) is 5. The number of benzene rings is 1. The van der Waals surface area contributed by atoms with E-state index in [2.05, 4.69) is 4.72 Å². The van der Waals surface area contributed by atoms with Crippen molar-refractivity contribution in [3.8, 4) is 0 Å². The highest BCUT2D eigenvalue weighted by Gasteiger charge is 2.22. The van der Waals surface area contributed by atoms with Crippen molar-refractivity contribution in [3.63, 3.8) is 0 Å². The average Bonchev–Trinajstić information content (AvgIpc) is 2.32. The van der Waals surface area contributed by atoms with Gasteiger partial charge < -0.3 is 10.8 Å². The third kappa shape index (κ3) is 5.02. The third-order valence-electron chi connectivity index (χ3n) is 2.81. The number of sulfonamides is 1. The molecule has 0 radical (unpaired) electrons. The molecule has 0 aliphatic rings. The Morgan fingerprint density at radius 2 is 2.05 bits per heavy atom. The van der Waals surface area contributed by atoms with Gasteiger partial charge in [-0.15, -0.1) is 0 Å². The molecule has 0 aromatic heterocycles.